The highest BCUT2D eigenvalue weighted by Gasteiger charge is 2.40. The number of carbonyl (C=O) groups excluding carboxylic acids is 1. The number of likely N-dealkylation sites (N-methyl/N-ethyl adjacent to an activating group) is 1. The molecule has 108 valence electrons. The van der Waals surface area contributed by atoms with E-state index in [9.17, 15) is 4.79 Å². The van der Waals surface area contributed by atoms with Gasteiger partial charge in [-0.15, -0.1) is 0 Å². The van der Waals surface area contributed by atoms with Gasteiger partial charge >= 0.3 is 0 Å². The number of rotatable bonds is 1. The lowest BCUT2D eigenvalue weighted by molar-refractivity contribution is -0.142. The molecule has 0 N–H and O–H groups in total. The normalized spacial score (nSPS) is 36.9. The molecule has 0 bridgehead atoms. The van der Waals surface area contributed by atoms with Gasteiger partial charge in [-0.2, -0.15) is 0 Å². The van der Waals surface area contributed by atoms with E-state index in [1.807, 2.05) is 0 Å². The van der Waals surface area contributed by atoms with Crippen LogP contribution in [0.2, 0.25) is 0 Å². The van der Waals surface area contributed by atoms with Gasteiger partial charge in [0.2, 0.25) is 5.91 Å². The van der Waals surface area contributed by atoms with Crippen molar-refractivity contribution in [2.75, 3.05) is 33.2 Å². The summed E-state index contributed by atoms with van der Waals surface area (Å²) in [7, 11) is 2.15. The Balaban J connectivity index is 1.64. The molecule has 1 heterocycles. The average molecular weight is 264 g/mol. The molecule has 3 nitrogen and oxygen atoms in total. The lowest BCUT2D eigenvalue weighted by atomic mass is 9.65. The maximum atomic E-state index is 12.8. The molecule has 0 unspecified atom stereocenters. The Hall–Kier alpha value is -0.570. The maximum absolute atomic E-state index is 12.8. The van der Waals surface area contributed by atoms with E-state index in [-0.39, 0.29) is 0 Å². The second-order valence-corrected chi connectivity index (χ2v) is 6.87. The maximum Gasteiger partial charge on any atom is 0.226 e. The standard InChI is InChI=1S/C16H28N2O/c1-17-9-11-18(12-10-17)16(19)15-8-4-6-13-5-2-3-7-14(13)15/h13-15H,2-12H2,1H3/t13-,14-,15+/m0/s1. The number of carbonyl (C=O) groups is 1. The van der Waals surface area contributed by atoms with E-state index in [1.54, 1.807) is 0 Å². The van der Waals surface area contributed by atoms with Gasteiger partial charge in [0.15, 0.2) is 0 Å². The third-order valence-corrected chi connectivity index (χ3v) is 5.71. The summed E-state index contributed by atoms with van der Waals surface area (Å²) in [5, 5.41) is 0. The van der Waals surface area contributed by atoms with E-state index >= 15 is 0 Å². The van der Waals surface area contributed by atoms with Crippen molar-refractivity contribution in [3.63, 3.8) is 0 Å². The van der Waals surface area contributed by atoms with Crippen LogP contribution in [0.1, 0.15) is 44.9 Å². The van der Waals surface area contributed by atoms with Crippen molar-refractivity contribution in [3.05, 3.63) is 0 Å². The fourth-order valence-electron chi connectivity index (χ4n) is 4.51. The Morgan fingerprint density at radius 2 is 1.58 bits per heavy atom. The van der Waals surface area contributed by atoms with Crippen LogP contribution in [0, 0.1) is 17.8 Å². The predicted octanol–water partition coefficient (Wildman–Crippen LogP) is 2.37. The van der Waals surface area contributed by atoms with Gasteiger partial charge in [-0.25, -0.2) is 0 Å². The number of hydrogen-bond donors (Lipinski definition) is 0. The molecule has 1 amide bonds. The molecule has 0 aromatic carbocycles. The Morgan fingerprint density at radius 1 is 0.895 bits per heavy atom. The molecule has 0 radical (unpaired) electrons. The summed E-state index contributed by atoms with van der Waals surface area (Å²) in [6.07, 6.45) is 9.28. The van der Waals surface area contributed by atoms with Crippen LogP contribution in [-0.4, -0.2) is 48.9 Å². The lowest BCUT2D eigenvalue weighted by Crippen LogP contribution is -2.51. The molecule has 3 rings (SSSR count). The summed E-state index contributed by atoms with van der Waals surface area (Å²) >= 11 is 0. The van der Waals surface area contributed by atoms with Gasteiger partial charge in [0.05, 0.1) is 0 Å². The number of nitrogens with zero attached hydrogens (tertiary/aromatic N) is 2. The SMILES string of the molecule is CN1CCN(C(=O)[C@@H]2CCC[C@@H]3CCCC[C@@H]32)CC1. The van der Waals surface area contributed by atoms with Crippen LogP contribution in [0.4, 0.5) is 0 Å². The fraction of sp³-hybridized carbons (Fsp3) is 0.938. The van der Waals surface area contributed by atoms with Crippen molar-refractivity contribution in [2.45, 2.75) is 44.9 Å². The Bertz CT molecular complexity index is 321. The highest BCUT2D eigenvalue weighted by Crippen LogP contribution is 2.44. The van der Waals surface area contributed by atoms with Gasteiger partial charge < -0.3 is 9.80 Å². The summed E-state index contributed by atoms with van der Waals surface area (Å²) in [5.41, 5.74) is 0. The lowest BCUT2D eigenvalue weighted by Gasteiger charge is -2.43. The summed E-state index contributed by atoms with van der Waals surface area (Å²) in [6, 6.07) is 0. The Kier molecular flexibility index (Phi) is 4.11. The van der Waals surface area contributed by atoms with Crippen LogP contribution in [0.25, 0.3) is 0 Å². The van der Waals surface area contributed by atoms with E-state index in [0.29, 0.717) is 11.8 Å². The average Bonchev–Trinajstić information content (AvgIpc) is 2.47. The molecular formula is C16H28N2O. The molecule has 0 aromatic heterocycles. The first-order valence-electron chi connectivity index (χ1n) is 8.23. The van der Waals surface area contributed by atoms with Crippen molar-refractivity contribution < 1.29 is 4.79 Å². The van der Waals surface area contributed by atoms with Gasteiger partial charge in [0, 0.05) is 32.1 Å². The minimum Gasteiger partial charge on any atom is -0.340 e. The molecule has 0 spiro atoms. The molecule has 19 heavy (non-hydrogen) atoms. The molecule has 3 aliphatic rings. The highest BCUT2D eigenvalue weighted by atomic mass is 16.2. The number of amides is 1. The smallest absolute Gasteiger partial charge is 0.226 e. The third kappa shape index (κ3) is 2.81. The first-order chi connectivity index (χ1) is 9.25. The van der Waals surface area contributed by atoms with Crippen molar-refractivity contribution in [1.82, 2.24) is 9.80 Å². The molecule has 1 aliphatic heterocycles. The number of piperazine rings is 1. The molecular weight excluding hydrogens is 236 g/mol. The van der Waals surface area contributed by atoms with Crippen LogP contribution in [-0.2, 0) is 4.79 Å². The molecule has 3 fully saturated rings. The number of hydrogen-bond acceptors (Lipinski definition) is 2. The van der Waals surface area contributed by atoms with Crippen molar-refractivity contribution >= 4 is 5.91 Å². The summed E-state index contributed by atoms with van der Waals surface area (Å²) in [5.74, 6) is 2.44. The zero-order chi connectivity index (χ0) is 13.2. The zero-order valence-corrected chi connectivity index (χ0v) is 12.3. The van der Waals surface area contributed by atoms with Crippen molar-refractivity contribution in [1.29, 1.82) is 0 Å². The van der Waals surface area contributed by atoms with Crippen LogP contribution < -0.4 is 0 Å². The van der Waals surface area contributed by atoms with Crippen LogP contribution >= 0.6 is 0 Å². The van der Waals surface area contributed by atoms with Gasteiger partial charge in [-0.05, 0) is 31.7 Å². The zero-order valence-electron chi connectivity index (χ0n) is 12.3. The summed E-state index contributed by atoms with van der Waals surface area (Å²) in [6.45, 7) is 3.99. The second kappa shape index (κ2) is 5.82. The largest absolute Gasteiger partial charge is 0.340 e. The molecule has 0 aromatic rings. The van der Waals surface area contributed by atoms with E-state index < -0.39 is 0 Å². The monoisotopic (exact) mass is 264 g/mol. The van der Waals surface area contributed by atoms with E-state index in [0.717, 1.165) is 44.4 Å². The molecule has 3 atom stereocenters. The van der Waals surface area contributed by atoms with Crippen LogP contribution in [0.3, 0.4) is 0 Å². The first kappa shape index (κ1) is 13.4. The van der Waals surface area contributed by atoms with Crippen molar-refractivity contribution in [3.8, 4) is 0 Å². The molecule has 3 heteroatoms. The van der Waals surface area contributed by atoms with Gasteiger partial charge in [-0.3, -0.25) is 4.79 Å². The minimum absolute atomic E-state index is 0.363. The Morgan fingerprint density at radius 3 is 2.37 bits per heavy atom. The fourth-order valence-corrected chi connectivity index (χ4v) is 4.51. The van der Waals surface area contributed by atoms with Crippen molar-refractivity contribution in [2.24, 2.45) is 17.8 Å². The first-order valence-corrected chi connectivity index (χ1v) is 8.23. The molecule has 2 aliphatic carbocycles. The predicted molar refractivity (Wildman–Crippen MR) is 76.9 cm³/mol. The second-order valence-electron chi connectivity index (χ2n) is 6.87. The van der Waals surface area contributed by atoms with E-state index in [2.05, 4.69) is 16.8 Å². The summed E-state index contributed by atoms with van der Waals surface area (Å²) < 4.78 is 0. The topological polar surface area (TPSA) is 23.6 Å². The van der Waals surface area contributed by atoms with E-state index in [1.165, 1.54) is 38.5 Å². The molecule has 2 saturated carbocycles. The Labute approximate surface area is 117 Å². The summed E-state index contributed by atoms with van der Waals surface area (Å²) in [4.78, 5) is 17.3. The highest BCUT2D eigenvalue weighted by molar-refractivity contribution is 5.79. The van der Waals surface area contributed by atoms with Crippen LogP contribution in [0.5, 0.6) is 0 Å². The van der Waals surface area contributed by atoms with Gasteiger partial charge in [-0.1, -0.05) is 32.1 Å². The van der Waals surface area contributed by atoms with Crippen LogP contribution in [0.15, 0.2) is 0 Å². The van der Waals surface area contributed by atoms with Gasteiger partial charge in [0.1, 0.15) is 0 Å². The molecule has 1 saturated heterocycles. The van der Waals surface area contributed by atoms with E-state index in [4.69, 9.17) is 0 Å². The van der Waals surface area contributed by atoms with Gasteiger partial charge in [0.25, 0.3) is 0 Å². The minimum atomic E-state index is 0.363. The quantitative estimate of drug-likeness (QED) is 0.726. The number of fused-ring (bicyclic) bond motifs is 1. The third-order valence-electron chi connectivity index (χ3n) is 5.71.